The Bertz CT molecular complexity index is 5030. The number of hydrogen-bond donors (Lipinski definition) is 11. The fraction of sp³-hybridized carbons (Fsp3) is 0.663. The van der Waals surface area contributed by atoms with E-state index in [4.69, 9.17) is 85.7 Å². The van der Waals surface area contributed by atoms with Crippen LogP contribution < -0.4 is 41.0 Å². The van der Waals surface area contributed by atoms with Gasteiger partial charge in [-0.25, -0.2) is 14.3 Å². The van der Waals surface area contributed by atoms with Gasteiger partial charge in [0.15, 0.2) is 47.5 Å². The van der Waals surface area contributed by atoms with Gasteiger partial charge in [-0.1, -0.05) is 101 Å². The lowest BCUT2D eigenvalue weighted by molar-refractivity contribution is -0.337. The third-order valence-electron chi connectivity index (χ3n) is 24.7. The van der Waals surface area contributed by atoms with Crippen molar-refractivity contribution in [2.75, 3.05) is 125 Å². The van der Waals surface area contributed by atoms with Gasteiger partial charge in [0.1, 0.15) is 55.6 Å². The standard InChI is InChI=1S/C98H140IN9O32S5/c1-18-107(73(115)49-100-95(121)133-50-60-28-30-61(31-29-60)101-91(119)55(4)45-67(111)79(54(2)3)102-72(114)27-23-36-108-66(53-142-17)64(52-141-16)104-106-108)65-51-132-74(47-71(65)124-11)138-88-83(117)80(105-140-75-46-68(112)90(59(8)134-75)144-92(120)76-56(5)78(99)86(89(127-14)85(76)125-12)139-93-84(118)87(126-13)82(116)58(7)136-93)57(6)135-94(88)137-70-26-21-19-20-22-34-98(123)48-69(113)81(103-96(122)128-15)77(70)63(98)33-44-143-145-97(9,10)35-32-62(110)25-24-38-129-40-42-131-43-41-130-39-37-109/h19-20,28-31,33,54-55,57-59,65,68,70-71,74-75,79-80,82-84,87-88,90,93-94,105,109,112,116-118,123H,18,23-25,27,32,35-53H2,1-17H3,(H,100,121)(H,101,119)(H,102,114)(H,103,122)/b20-19-,63-33+/t55-,57?,58?,59?,65?,68?,70+,71?,74?,75?,79+,80?,82?,83?,84?,87?,88?,90?,93?,94?,98+/m1/s1. The van der Waals surface area contributed by atoms with Gasteiger partial charge in [0, 0.05) is 117 Å². The van der Waals surface area contributed by atoms with Crippen molar-refractivity contribution in [2.24, 2.45) is 11.8 Å². The molecular formula is C98H140IN9O32S5. The largest absolute Gasteiger partial charge is 0.492 e. The second kappa shape index (κ2) is 60.1. The van der Waals surface area contributed by atoms with Crippen molar-refractivity contribution in [3.63, 3.8) is 0 Å². The molecule has 145 heavy (non-hydrogen) atoms. The number of carbonyl (C=O) groups is 9. The van der Waals surface area contributed by atoms with Crippen LogP contribution in [-0.2, 0) is 120 Å². The van der Waals surface area contributed by atoms with Crippen molar-refractivity contribution < 1.29 is 154 Å². The van der Waals surface area contributed by atoms with Crippen LogP contribution in [0.4, 0.5) is 15.3 Å². The maximum absolute atomic E-state index is 14.7. The lowest BCUT2D eigenvalue weighted by atomic mass is 9.75. The number of nitrogens with one attached hydrogen (secondary N) is 5. The zero-order valence-electron chi connectivity index (χ0n) is 84.8. The van der Waals surface area contributed by atoms with Gasteiger partial charge >= 0.3 is 12.2 Å². The highest BCUT2D eigenvalue weighted by Crippen LogP contribution is 2.50. The molecule has 47 heteroatoms. The summed E-state index contributed by atoms with van der Waals surface area (Å²) >= 11 is 6.07. The fourth-order valence-electron chi connectivity index (χ4n) is 16.9. The number of ether oxygens (including phenoxy) is 16. The summed E-state index contributed by atoms with van der Waals surface area (Å²) in [4.78, 5) is 132. The van der Waals surface area contributed by atoms with E-state index >= 15 is 0 Å². The molecule has 3 aromatic rings. The molecule has 0 saturated carbocycles. The molecular weight excluding hydrogens is 2100 g/mol. The molecule has 806 valence electrons. The van der Waals surface area contributed by atoms with Crippen molar-refractivity contribution in [1.29, 1.82) is 0 Å². The van der Waals surface area contributed by atoms with E-state index in [9.17, 15) is 68.7 Å². The topological polar surface area (TPSA) is 526 Å². The van der Waals surface area contributed by atoms with Crippen LogP contribution in [0.15, 0.2) is 59.3 Å². The lowest BCUT2D eigenvalue weighted by Gasteiger charge is -2.47. The number of allylic oxidation sites excluding steroid dienone is 3. The average molecular weight is 2240 g/mol. The van der Waals surface area contributed by atoms with E-state index < -0.39 is 180 Å². The van der Waals surface area contributed by atoms with Crippen molar-refractivity contribution in [3.05, 3.63) is 91.0 Å². The predicted octanol–water partition coefficient (Wildman–Crippen LogP) is 7.51. The number of hydroxylamine groups is 1. The Morgan fingerprint density at radius 1 is 0.779 bits per heavy atom. The van der Waals surface area contributed by atoms with Crippen LogP contribution in [0.3, 0.4) is 0 Å². The van der Waals surface area contributed by atoms with Crippen LogP contribution in [0.5, 0.6) is 17.2 Å². The molecule has 0 radical (unpaired) electrons. The number of aromatic nitrogens is 3. The predicted molar refractivity (Wildman–Crippen MR) is 549 cm³/mol. The van der Waals surface area contributed by atoms with E-state index in [0.717, 1.165) is 41.8 Å². The third-order valence-corrected chi connectivity index (χ3v) is 31.7. The van der Waals surface area contributed by atoms with E-state index in [0.29, 0.717) is 85.6 Å². The first kappa shape index (κ1) is 121. The number of aryl methyl sites for hydroxylation is 1. The van der Waals surface area contributed by atoms with E-state index in [1.54, 1.807) is 95.4 Å². The smallest absolute Gasteiger partial charge is 0.411 e. The van der Waals surface area contributed by atoms with Crippen LogP contribution >= 0.6 is 79.5 Å². The minimum Gasteiger partial charge on any atom is -0.492 e. The van der Waals surface area contributed by atoms with Gasteiger partial charge in [0.2, 0.25) is 34.9 Å². The van der Waals surface area contributed by atoms with Crippen molar-refractivity contribution in [3.8, 4) is 40.9 Å². The first-order chi connectivity index (χ1) is 69.3. The number of hydrogen-bond acceptors (Lipinski definition) is 40. The molecule has 2 aliphatic carbocycles. The molecule has 17 unspecified atom stereocenters. The highest BCUT2D eigenvalue weighted by Gasteiger charge is 2.53. The summed E-state index contributed by atoms with van der Waals surface area (Å²) in [6.45, 7) is 18.9. The van der Waals surface area contributed by atoms with E-state index in [-0.39, 0.29) is 134 Å². The van der Waals surface area contributed by atoms with E-state index in [1.165, 1.54) is 67.1 Å². The molecule has 6 aliphatic rings. The number of nitrogens with zero attached hydrogens (tertiary/aromatic N) is 4. The van der Waals surface area contributed by atoms with Crippen molar-refractivity contribution >= 4 is 138 Å². The number of fused-ring (bicyclic) bond motifs is 2. The third kappa shape index (κ3) is 34.6. The first-order valence-corrected chi connectivity index (χ1v) is 55.0. The van der Waals surface area contributed by atoms with Gasteiger partial charge in [0.25, 0.3) is 0 Å². The first-order valence-electron chi connectivity index (χ1n) is 47.9. The second-order valence-electron chi connectivity index (χ2n) is 36.1. The molecule has 2 aromatic carbocycles. The number of benzene rings is 2. The maximum atomic E-state index is 14.7. The number of anilines is 1. The summed E-state index contributed by atoms with van der Waals surface area (Å²) in [5.74, 6) is 9.87. The average Bonchev–Trinajstić information content (AvgIpc) is 1.01. The molecule has 4 fully saturated rings. The Kier molecular flexibility index (Phi) is 50.2. The molecule has 1 aromatic heterocycles. The number of rotatable bonds is 56. The molecule has 2 bridgehead atoms. The summed E-state index contributed by atoms with van der Waals surface area (Å²) in [6, 6.07) is 3.55. The monoisotopic (exact) mass is 2240 g/mol. The second-order valence-corrected chi connectivity index (χ2v) is 43.1. The number of amides is 5. The van der Waals surface area contributed by atoms with Gasteiger partial charge in [-0.3, -0.25) is 43.7 Å². The van der Waals surface area contributed by atoms with Crippen molar-refractivity contribution in [1.82, 2.24) is 41.3 Å². The number of aliphatic hydroxyl groups excluding tert-OH is 5. The number of Topliss-reactive ketones (excluding diaryl/α,β-unsaturated/α-hetero) is 3. The Morgan fingerprint density at radius 2 is 1.48 bits per heavy atom. The number of alkyl carbamates (subject to hydrolysis) is 2. The summed E-state index contributed by atoms with van der Waals surface area (Å²) in [5, 5.41) is 86.7. The molecule has 21 atom stereocenters. The summed E-state index contributed by atoms with van der Waals surface area (Å²) in [6.07, 6.45) is -12.1. The van der Waals surface area contributed by atoms with E-state index in [1.807, 2.05) is 67.5 Å². The molecule has 0 spiro atoms. The molecule has 9 rings (SSSR count). The van der Waals surface area contributed by atoms with Gasteiger partial charge in [-0.05, 0) is 144 Å². The maximum Gasteiger partial charge on any atom is 0.411 e. The Morgan fingerprint density at radius 3 is 2.14 bits per heavy atom. The number of thioether (sulfide) groups is 3. The highest BCUT2D eigenvalue weighted by molar-refractivity contribution is 14.1. The number of halogens is 1. The Labute approximate surface area is 880 Å². The van der Waals surface area contributed by atoms with Crippen LogP contribution in [0, 0.1) is 46.0 Å². The quantitative estimate of drug-likeness (QED) is 0.00856. The molecule has 5 amide bonds. The normalized spacial score (nSPS) is 26.2. The van der Waals surface area contributed by atoms with Gasteiger partial charge in [0.05, 0.1) is 154 Å². The van der Waals surface area contributed by atoms with Crippen LogP contribution in [0.25, 0.3) is 0 Å². The van der Waals surface area contributed by atoms with Gasteiger partial charge in [-0.15, -0.1) is 5.10 Å². The van der Waals surface area contributed by atoms with Crippen LogP contribution in [0.1, 0.15) is 159 Å². The van der Waals surface area contributed by atoms with Crippen LogP contribution in [-0.4, -0.2) is 349 Å². The number of ketones is 3. The van der Waals surface area contributed by atoms with Gasteiger partial charge in [-0.2, -0.15) is 29.0 Å². The molecule has 4 saturated heterocycles. The summed E-state index contributed by atoms with van der Waals surface area (Å²) < 4.78 is 97.3. The van der Waals surface area contributed by atoms with E-state index in [2.05, 4.69) is 60.7 Å². The molecule has 5 heterocycles. The minimum atomic E-state index is -2.26. The Hall–Kier alpha value is -7.33. The SMILES string of the molecule is CCN(C(=O)CNC(=O)OCc1ccc(NC(=O)[C@H](C)CC(=O)[C@@H](NC(=O)CCCn2nnc(CSC)c2CSC)C(C)C)cc1)C1COC(OC2C(O[C@H]3C#C/C=C\C#C[C@]4(O)CC(=O)C(NC(=O)OC)=C3/C4=C\CSSC(C)(C)CCC(=O)CCCOCCOCCOCCO)OC(C)C(NOC3CC(O)C(SC(=O)c4c(C)c(I)c(OC5OC(C)C(O)C(OC)C5O)c(OC)c4OC)C(C)O3)C2O)CC1OC. The lowest BCUT2D eigenvalue weighted by Crippen LogP contribution is -2.65. The number of aliphatic hydroxyl groups is 6. The number of methoxy groups -OCH3 is 5. The number of likely N-dealkylation sites (N-methyl/N-ethyl adjacent to an activating group) is 1. The summed E-state index contributed by atoms with van der Waals surface area (Å²) in [5.41, 5.74) is 3.44. The molecule has 4 aliphatic heterocycles. The van der Waals surface area contributed by atoms with Crippen molar-refractivity contribution in [2.45, 2.75) is 284 Å². The zero-order chi connectivity index (χ0) is 106. The molecule has 41 nitrogen and oxygen atoms in total. The zero-order valence-corrected chi connectivity index (χ0v) is 91.1. The highest BCUT2D eigenvalue weighted by atomic mass is 127. The number of carbonyl (C=O) groups excluding carboxylic acids is 9. The molecule has 11 N–H and O–H groups in total. The minimum absolute atomic E-state index is 0.00919. The fourth-order valence-corrected chi connectivity index (χ4v) is 22.2. The van der Waals surface area contributed by atoms with Gasteiger partial charge < -0.3 is 127 Å². The Balaban J connectivity index is 0.877. The van der Waals surface area contributed by atoms with Crippen LogP contribution in [0.2, 0.25) is 0 Å². The summed E-state index contributed by atoms with van der Waals surface area (Å²) in [7, 11) is 9.36.